The molecule has 0 saturated heterocycles. The number of halogens is 3. The van der Waals surface area contributed by atoms with Gasteiger partial charge in [-0.15, -0.1) is 0 Å². The SMILES string of the molecule is O=c1[nH]c(O)c(C=c2cnn3c(=NCC(F)(F)F)nc(NCC4CC4)nc23)[nH]1. The van der Waals surface area contributed by atoms with Crippen molar-refractivity contribution in [2.24, 2.45) is 10.9 Å². The Morgan fingerprint density at radius 3 is 2.79 bits per heavy atom. The number of nitrogens with one attached hydrogen (secondary N) is 3. The molecule has 0 atom stereocenters. The van der Waals surface area contributed by atoms with E-state index in [9.17, 15) is 23.1 Å². The molecule has 1 aliphatic rings. The molecule has 1 fully saturated rings. The Morgan fingerprint density at radius 2 is 2.14 bits per heavy atom. The van der Waals surface area contributed by atoms with Crippen LogP contribution in [0, 0.1) is 5.92 Å². The van der Waals surface area contributed by atoms with Crippen molar-refractivity contribution in [3.8, 4) is 5.88 Å². The van der Waals surface area contributed by atoms with E-state index in [2.05, 4.69) is 35.3 Å². The van der Waals surface area contributed by atoms with Gasteiger partial charge in [0.05, 0.1) is 6.20 Å². The maximum Gasteiger partial charge on any atom is 0.408 e. The maximum absolute atomic E-state index is 12.6. The number of rotatable bonds is 5. The van der Waals surface area contributed by atoms with Gasteiger partial charge in [0.2, 0.25) is 11.8 Å². The second kappa shape index (κ2) is 6.65. The van der Waals surface area contributed by atoms with Gasteiger partial charge in [-0.25, -0.2) is 9.79 Å². The molecule has 0 aromatic carbocycles. The predicted octanol–water partition coefficient (Wildman–Crippen LogP) is -0.321. The summed E-state index contributed by atoms with van der Waals surface area (Å²) in [4.78, 5) is 27.7. The molecule has 13 heteroatoms. The van der Waals surface area contributed by atoms with Crippen LogP contribution in [-0.4, -0.2) is 53.9 Å². The summed E-state index contributed by atoms with van der Waals surface area (Å²) in [6, 6.07) is 0. The topological polar surface area (TPSA) is 136 Å². The lowest BCUT2D eigenvalue weighted by molar-refractivity contribution is -0.118. The Hall–Kier alpha value is -3.38. The molecule has 3 heterocycles. The molecule has 28 heavy (non-hydrogen) atoms. The number of H-pyrrole nitrogens is 2. The van der Waals surface area contributed by atoms with Crippen molar-refractivity contribution in [2.45, 2.75) is 19.0 Å². The van der Waals surface area contributed by atoms with Gasteiger partial charge in [0, 0.05) is 11.8 Å². The van der Waals surface area contributed by atoms with Crippen molar-refractivity contribution >= 4 is 17.7 Å². The fourth-order valence-electron chi connectivity index (χ4n) is 2.53. The smallest absolute Gasteiger partial charge is 0.408 e. The molecular weight excluding hydrogens is 381 g/mol. The van der Waals surface area contributed by atoms with E-state index in [1.165, 1.54) is 12.3 Å². The number of imidazole rings is 1. The standard InChI is InChI=1S/C15H15F3N8O2/c16-15(17,18)6-20-13-25-12(19-4-7-1-2-7)23-10-8(5-21-26(10)13)3-9-11(27)24-14(28)22-9/h3,5,7,27H,1-2,4,6H2,(H,19,20,25)(H2,22,24,28). The van der Waals surface area contributed by atoms with Crippen LogP contribution in [0.5, 0.6) is 5.88 Å². The molecule has 4 N–H and O–H groups in total. The lowest BCUT2D eigenvalue weighted by Gasteiger charge is -2.05. The zero-order valence-electron chi connectivity index (χ0n) is 14.3. The van der Waals surface area contributed by atoms with E-state index in [1.54, 1.807) is 0 Å². The molecule has 1 saturated carbocycles. The monoisotopic (exact) mass is 396 g/mol. The minimum absolute atomic E-state index is 0.0831. The summed E-state index contributed by atoms with van der Waals surface area (Å²) in [5, 5.41) is 17.0. The molecular formula is C15H15F3N8O2. The van der Waals surface area contributed by atoms with Gasteiger partial charge in [0.1, 0.15) is 12.2 Å². The van der Waals surface area contributed by atoms with Crippen LogP contribution in [0.25, 0.3) is 11.7 Å². The van der Waals surface area contributed by atoms with Crippen LogP contribution < -0.4 is 21.8 Å². The van der Waals surface area contributed by atoms with Crippen molar-refractivity contribution in [1.29, 1.82) is 0 Å². The van der Waals surface area contributed by atoms with Gasteiger partial charge in [-0.3, -0.25) is 4.98 Å². The van der Waals surface area contributed by atoms with Gasteiger partial charge in [0.15, 0.2) is 5.65 Å². The number of aromatic hydroxyl groups is 1. The lowest BCUT2D eigenvalue weighted by Crippen LogP contribution is -2.27. The summed E-state index contributed by atoms with van der Waals surface area (Å²) in [7, 11) is 0. The molecule has 0 unspecified atom stereocenters. The first-order chi connectivity index (χ1) is 13.3. The fourth-order valence-corrected chi connectivity index (χ4v) is 2.53. The molecule has 10 nitrogen and oxygen atoms in total. The van der Waals surface area contributed by atoms with Crippen LogP contribution in [0.1, 0.15) is 18.5 Å². The highest BCUT2D eigenvalue weighted by Gasteiger charge is 2.26. The Kier molecular flexibility index (Phi) is 4.28. The summed E-state index contributed by atoms with van der Waals surface area (Å²) < 4.78 is 38.8. The van der Waals surface area contributed by atoms with E-state index < -0.39 is 18.4 Å². The van der Waals surface area contributed by atoms with Crippen molar-refractivity contribution in [3.63, 3.8) is 0 Å². The van der Waals surface area contributed by atoms with Crippen LogP contribution in [-0.2, 0) is 0 Å². The highest BCUT2D eigenvalue weighted by Crippen LogP contribution is 2.28. The number of anilines is 1. The largest absolute Gasteiger partial charge is 0.493 e. The van der Waals surface area contributed by atoms with Gasteiger partial charge >= 0.3 is 11.9 Å². The van der Waals surface area contributed by atoms with Gasteiger partial charge in [-0.05, 0) is 24.8 Å². The second-order valence-corrected chi connectivity index (χ2v) is 6.42. The molecule has 0 aliphatic heterocycles. The maximum atomic E-state index is 12.6. The zero-order valence-corrected chi connectivity index (χ0v) is 14.3. The first kappa shape index (κ1) is 18.0. The minimum Gasteiger partial charge on any atom is -0.493 e. The minimum atomic E-state index is -4.49. The van der Waals surface area contributed by atoms with E-state index in [4.69, 9.17) is 0 Å². The third-order valence-electron chi connectivity index (χ3n) is 4.06. The lowest BCUT2D eigenvalue weighted by atomic mass is 10.3. The molecule has 1 aliphatic carbocycles. The molecule has 148 valence electrons. The summed E-state index contributed by atoms with van der Waals surface area (Å²) >= 11 is 0. The average molecular weight is 396 g/mol. The highest BCUT2D eigenvalue weighted by molar-refractivity contribution is 5.57. The number of hydrogen-bond donors (Lipinski definition) is 4. The van der Waals surface area contributed by atoms with Crippen molar-refractivity contribution in [1.82, 2.24) is 29.5 Å². The molecule has 3 aromatic heterocycles. The first-order valence-corrected chi connectivity index (χ1v) is 8.38. The zero-order chi connectivity index (χ0) is 19.9. The molecule has 0 spiro atoms. The number of aromatic amines is 2. The third-order valence-corrected chi connectivity index (χ3v) is 4.06. The highest BCUT2D eigenvalue weighted by atomic mass is 19.4. The van der Waals surface area contributed by atoms with E-state index in [-0.39, 0.29) is 28.8 Å². The Balaban J connectivity index is 1.84. The number of fused-ring (bicyclic) bond motifs is 1. The number of aromatic nitrogens is 6. The van der Waals surface area contributed by atoms with Crippen molar-refractivity contribution in [3.05, 3.63) is 33.2 Å². The fraction of sp³-hybridized carbons (Fsp3) is 0.400. The molecule has 3 aromatic rings. The van der Waals surface area contributed by atoms with E-state index in [0.29, 0.717) is 17.7 Å². The molecule has 0 radical (unpaired) electrons. The van der Waals surface area contributed by atoms with Crippen LogP contribution in [0.15, 0.2) is 16.0 Å². The number of nitrogens with zero attached hydrogens (tertiary/aromatic N) is 5. The van der Waals surface area contributed by atoms with Crippen molar-refractivity contribution in [2.75, 3.05) is 18.4 Å². The Morgan fingerprint density at radius 1 is 1.36 bits per heavy atom. The molecule has 4 rings (SSSR count). The summed E-state index contributed by atoms with van der Waals surface area (Å²) in [6.45, 7) is -0.806. The van der Waals surface area contributed by atoms with Gasteiger partial charge in [-0.1, -0.05) is 0 Å². The van der Waals surface area contributed by atoms with E-state index >= 15 is 0 Å². The van der Waals surface area contributed by atoms with E-state index in [1.807, 2.05) is 0 Å². The van der Waals surface area contributed by atoms with Gasteiger partial charge in [0.25, 0.3) is 5.62 Å². The normalized spacial score (nSPS) is 16.2. The Bertz CT molecular complexity index is 1190. The average Bonchev–Trinajstić information content (AvgIpc) is 3.28. The van der Waals surface area contributed by atoms with Crippen molar-refractivity contribution < 1.29 is 18.3 Å². The third kappa shape index (κ3) is 3.97. The first-order valence-electron chi connectivity index (χ1n) is 8.38. The van der Waals surface area contributed by atoms with Crippen LogP contribution in [0.4, 0.5) is 19.1 Å². The van der Waals surface area contributed by atoms with Gasteiger partial charge in [-0.2, -0.15) is 32.8 Å². The van der Waals surface area contributed by atoms with Gasteiger partial charge < -0.3 is 15.4 Å². The predicted molar refractivity (Wildman–Crippen MR) is 90.3 cm³/mol. The van der Waals surface area contributed by atoms with Crippen LogP contribution in [0.3, 0.4) is 0 Å². The number of hydrogen-bond acceptors (Lipinski definition) is 7. The molecule has 0 amide bonds. The summed E-state index contributed by atoms with van der Waals surface area (Å²) in [5.74, 6) is 0.239. The van der Waals surface area contributed by atoms with E-state index in [0.717, 1.165) is 17.4 Å². The number of alkyl halides is 3. The Labute approximate surface area is 153 Å². The summed E-state index contributed by atoms with van der Waals surface area (Å²) in [6.07, 6.45) is 0.378. The quantitative estimate of drug-likeness (QED) is 0.467. The molecule has 0 bridgehead atoms. The second-order valence-electron chi connectivity index (χ2n) is 6.42. The van der Waals surface area contributed by atoms with Crippen LogP contribution >= 0.6 is 0 Å². The summed E-state index contributed by atoms with van der Waals surface area (Å²) in [5.41, 5.74) is -0.606. The van der Waals surface area contributed by atoms with Crippen LogP contribution in [0.2, 0.25) is 0 Å².